The molecule has 4 nitrogen and oxygen atoms in total. The van der Waals surface area contributed by atoms with Crippen LogP contribution in [0.1, 0.15) is 97.8 Å². The second-order valence-corrected chi connectivity index (χ2v) is 13.1. The molecule has 10 atom stereocenters. The van der Waals surface area contributed by atoms with E-state index >= 15 is 0 Å². The monoisotopic (exact) mass is 445 g/mol. The van der Waals surface area contributed by atoms with Crippen molar-refractivity contribution in [3.8, 4) is 0 Å². The van der Waals surface area contributed by atoms with Crippen LogP contribution in [0.5, 0.6) is 0 Å². The number of carbonyl (C=O) groups is 1. The van der Waals surface area contributed by atoms with Crippen LogP contribution in [0.15, 0.2) is 0 Å². The molecule has 1 heterocycles. The zero-order chi connectivity index (χ0) is 22.7. The van der Waals surface area contributed by atoms with Gasteiger partial charge in [0.1, 0.15) is 0 Å². The Morgan fingerprint density at radius 1 is 0.969 bits per heavy atom. The molecule has 1 amide bonds. The van der Waals surface area contributed by atoms with Gasteiger partial charge in [0, 0.05) is 19.5 Å². The van der Waals surface area contributed by atoms with Crippen LogP contribution in [0.2, 0.25) is 0 Å². The van der Waals surface area contributed by atoms with Crippen molar-refractivity contribution in [2.24, 2.45) is 46.3 Å². The summed E-state index contributed by atoms with van der Waals surface area (Å²) in [6.45, 7) is 9.37. The van der Waals surface area contributed by atoms with Crippen molar-refractivity contribution >= 4 is 5.91 Å². The topological polar surface area (TPSA) is 60.8 Å². The summed E-state index contributed by atoms with van der Waals surface area (Å²) >= 11 is 0. The molecule has 2 N–H and O–H groups in total. The van der Waals surface area contributed by atoms with Gasteiger partial charge in [0.25, 0.3) is 0 Å². The van der Waals surface area contributed by atoms with Crippen LogP contribution in [-0.2, 0) is 4.79 Å². The summed E-state index contributed by atoms with van der Waals surface area (Å²) in [7, 11) is 0. The second kappa shape index (κ2) is 8.56. The minimum Gasteiger partial charge on any atom is -0.393 e. The van der Waals surface area contributed by atoms with Crippen molar-refractivity contribution in [3.63, 3.8) is 0 Å². The lowest BCUT2D eigenvalue weighted by Crippen LogP contribution is -2.58. The zero-order valence-electron chi connectivity index (χ0n) is 20.8. The standard InChI is InChI=1S/C28H47NO3/c1-18(6-9-25(32)29-14-4-5-15-29)21-7-8-22-26-23(11-13-28(21,22)3)27(2)12-10-20(30)16-19(27)17-24(26)31/h18-24,26,30-31H,4-17H2,1-3H3/t18-,19+,20-,21?,22+,23+,24-,26+,27+,28-/m1/s1. The van der Waals surface area contributed by atoms with Crippen LogP contribution >= 0.6 is 0 Å². The van der Waals surface area contributed by atoms with Crippen molar-refractivity contribution in [1.29, 1.82) is 0 Å². The summed E-state index contributed by atoms with van der Waals surface area (Å²) in [4.78, 5) is 14.7. The fraction of sp³-hybridized carbons (Fsp3) is 0.964. The van der Waals surface area contributed by atoms with E-state index < -0.39 is 0 Å². The van der Waals surface area contributed by atoms with E-state index in [1.807, 2.05) is 0 Å². The Balaban J connectivity index is 1.28. The number of amides is 1. The Kier molecular flexibility index (Phi) is 6.19. The highest BCUT2D eigenvalue weighted by molar-refractivity contribution is 5.76. The van der Waals surface area contributed by atoms with Gasteiger partial charge in [-0.05, 0) is 117 Å². The SMILES string of the molecule is C[C@H](CCC(=O)N1CCCC1)C1CC[C@H]2[C@@H]3[C@H](O)C[C@@H]4C[C@H](O)CC[C@]4(C)[C@H]3CC[C@]12C. The first kappa shape index (κ1) is 23.1. The van der Waals surface area contributed by atoms with Gasteiger partial charge >= 0.3 is 0 Å². The smallest absolute Gasteiger partial charge is 0.222 e. The number of aliphatic hydroxyl groups is 2. The number of hydrogen-bond acceptors (Lipinski definition) is 3. The molecule has 1 saturated heterocycles. The van der Waals surface area contributed by atoms with E-state index in [9.17, 15) is 15.0 Å². The molecule has 4 aliphatic carbocycles. The molecule has 32 heavy (non-hydrogen) atoms. The maximum absolute atomic E-state index is 12.6. The molecule has 0 aromatic heterocycles. The quantitative estimate of drug-likeness (QED) is 0.639. The van der Waals surface area contributed by atoms with E-state index in [0.717, 1.165) is 51.6 Å². The minimum absolute atomic E-state index is 0.161. The maximum atomic E-state index is 12.6. The van der Waals surface area contributed by atoms with Crippen LogP contribution in [0.25, 0.3) is 0 Å². The summed E-state index contributed by atoms with van der Waals surface area (Å²) < 4.78 is 0. The first-order valence-electron chi connectivity index (χ1n) is 13.9. The fourth-order valence-electron chi connectivity index (χ4n) is 9.85. The molecule has 0 radical (unpaired) electrons. The van der Waals surface area contributed by atoms with Crippen molar-refractivity contribution in [2.75, 3.05) is 13.1 Å². The molecule has 5 aliphatic rings. The second-order valence-electron chi connectivity index (χ2n) is 13.1. The molecular weight excluding hydrogens is 398 g/mol. The Morgan fingerprint density at radius 2 is 1.66 bits per heavy atom. The van der Waals surface area contributed by atoms with Crippen molar-refractivity contribution in [1.82, 2.24) is 4.90 Å². The highest BCUT2D eigenvalue weighted by Crippen LogP contribution is 2.68. The summed E-state index contributed by atoms with van der Waals surface area (Å²) in [5, 5.41) is 21.7. The first-order chi connectivity index (χ1) is 15.2. The van der Waals surface area contributed by atoms with Gasteiger partial charge in [0.2, 0.25) is 5.91 Å². The largest absolute Gasteiger partial charge is 0.393 e. The lowest BCUT2D eigenvalue weighted by molar-refractivity contribution is -0.174. The summed E-state index contributed by atoms with van der Waals surface area (Å²) in [5.74, 6) is 3.81. The van der Waals surface area contributed by atoms with Crippen LogP contribution in [0.4, 0.5) is 0 Å². The zero-order valence-corrected chi connectivity index (χ0v) is 20.8. The number of likely N-dealkylation sites (tertiary alicyclic amines) is 1. The van der Waals surface area contributed by atoms with Gasteiger partial charge in [-0.25, -0.2) is 0 Å². The highest BCUT2D eigenvalue weighted by atomic mass is 16.3. The molecule has 5 fully saturated rings. The third-order valence-corrected chi connectivity index (χ3v) is 11.7. The van der Waals surface area contributed by atoms with Crippen molar-refractivity contribution < 1.29 is 15.0 Å². The molecule has 4 heteroatoms. The molecule has 182 valence electrons. The number of carbonyl (C=O) groups excluding carboxylic acids is 1. The molecule has 5 rings (SSSR count). The third-order valence-electron chi connectivity index (χ3n) is 11.7. The van der Waals surface area contributed by atoms with Gasteiger partial charge in [0.15, 0.2) is 0 Å². The van der Waals surface area contributed by atoms with Crippen LogP contribution < -0.4 is 0 Å². The van der Waals surface area contributed by atoms with E-state index in [2.05, 4.69) is 25.7 Å². The van der Waals surface area contributed by atoms with E-state index in [-0.39, 0.29) is 12.2 Å². The van der Waals surface area contributed by atoms with Gasteiger partial charge in [-0.3, -0.25) is 4.79 Å². The summed E-state index contributed by atoms with van der Waals surface area (Å²) in [6, 6.07) is 0. The minimum atomic E-state index is -0.196. The number of rotatable bonds is 4. The fourth-order valence-corrected chi connectivity index (χ4v) is 9.85. The lowest BCUT2D eigenvalue weighted by atomic mass is 9.43. The van der Waals surface area contributed by atoms with E-state index in [1.54, 1.807) is 0 Å². The van der Waals surface area contributed by atoms with E-state index in [0.29, 0.717) is 52.2 Å². The van der Waals surface area contributed by atoms with Gasteiger partial charge in [0.05, 0.1) is 12.2 Å². The first-order valence-corrected chi connectivity index (χ1v) is 13.9. The molecule has 0 aromatic rings. The predicted octanol–water partition coefficient (Wildman–Crippen LogP) is 5.02. The molecule has 0 spiro atoms. The summed E-state index contributed by atoms with van der Waals surface area (Å²) in [5.41, 5.74) is 0.617. The van der Waals surface area contributed by atoms with E-state index in [4.69, 9.17) is 0 Å². The third kappa shape index (κ3) is 3.67. The predicted molar refractivity (Wildman–Crippen MR) is 127 cm³/mol. The molecule has 0 bridgehead atoms. The Hall–Kier alpha value is -0.610. The Labute approximate surface area is 195 Å². The van der Waals surface area contributed by atoms with Crippen LogP contribution in [0, 0.1) is 46.3 Å². The number of aliphatic hydroxyl groups excluding tert-OH is 2. The normalized spacial score (nSPS) is 49.3. The average molecular weight is 446 g/mol. The molecule has 1 aliphatic heterocycles. The van der Waals surface area contributed by atoms with Gasteiger partial charge < -0.3 is 15.1 Å². The van der Waals surface area contributed by atoms with Crippen LogP contribution in [0.3, 0.4) is 0 Å². The molecular formula is C28H47NO3. The Bertz CT molecular complexity index is 705. The number of hydrogen-bond donors (Lipinski definition) is 2. The van der Waals surface area contributed by atoms with Crippen LogP contribution in [-0.4, -0.2) is 46.3 Å². The van der Waals surface area contributed by atoms with Gasteiger partial charge in [-0.1, -0.05) is 20.8 Å². The highest BCUT2D eigenvalue weighted by Gasteiger charge is 2.62. The van der Waals surface area contributed by atoms with Gasteiger partial charge in [-0.15, -0.1) is 0 Å². The molecule has 1 unspecified atom stereocenters. The molecule has 0 aromatic carbocycles. The molecule has 4 saturated carbocycles. The van der Waals surface area contributed by atoms with Crippen molar-refractivity contribution in [3.05, 3.63) is 0 Å². The maximum Gasteiger partial charge on any atom is 0.222 e. The van der Waals surface area contributed by atoms with E-state index in [1.165, 1.54) is 38.5 Å². The van der Waals surface area contributed by atoms with Gasteiger partial charge in [-0.2, -0.15) is 0 Å². The lowest BCUT2D eigenvalue weighted by Gasteiger charge is -2.62. The average Bonchev–Trinajstić information content (AvgIpc) is 3.41. The Morgan fingerprint density at radius 3 is 2.41 bits per heavy atom. The number of fused-ring (bicyclic) bond motifs is 5. The summed E-state index contributed by atoms with van der Waals surface area (Å²) in [6.07, 6.45) is 12.7. The van der Waals surface area contributed by atoms with Crippen molar-refractivity contribution in [2.45, 2.75) is 110 Å². The number of nitrogens with zero attached hydrogens (tertiary/aromatic N) is 1.